The minimum absolute atomic E-state index is 0.00709. The summed E-state index contributed by atoms with van der Waals surface area (Å²) in [5.41, 5.74) is 3.52. The summed E-state index contributed by atoms with van der Waals surface area (Å²) in [6.07, 6.45) is 2.65. The molecule has 1 aromatic heterocycles. The Bertz CT molecular complexity index is 1170. The lowest BCUT2D eigenvalue weighted by Gasteiger charge is -2.32. The first-order valence-electron chi connectivity index (χ1n) is 10.8. The van der Waals surface area contributed by atoms with Gasteiger partial charge in [0, 0.05) is 34.7 Å². The highest BCUT2D eigenvalue weighted by atomic mass is 35.5. The molecule has 2 atom stereocenters. The number of amides is 1. The van der Waals surface area contributed by atoms with Crippen LogP contribution in [-0.2, 0) is 28.9 Å². The monoisotopic (exact) mass is 456 g/mol. The standard InChI is InChI=1S/C25H26ClFN2O3/c1-3-21(25(31)32)29-22-10-8-17(27)13-19(22)20-14-18(9-11-23(20)29)28(2)24(30)12-15-4-6-16(26)7-5-15/h4-8,10,13,18,21H,3,9,11-12,14H2,1-2H3,(H,31,32)/t18-,21?/m0/s1. The smallest absolute Gasteiger partial charge is 0.326 e. The van der Waals surface area contributed by atoms with Crippen LogP contribution in [-0.4, -0.2) is 39.5 Å². The fraction of sp³-hybridized carbons (Fsp3) is 0.360. The van der Waals surface area contributed by atoms with Crippen molar-refractivity contribution in [3.05, 3.63) is 70.1 Å². The van der Waals surface area contributed by atoms with E-state index >= 15 is 0 Å². The van der Waals surface area contributed by atoms with Crippen LogP contribution in [0.5, 0.6) is 0 Å². The Morgan fingerprint density at radius 2 is 1.97 bits per heavy atom. The zero-order valence-electron chi connectivity index (χ0n) is 18.1. The summed E-state index contributed by atoms with van der Waals surface area (Å²) in [6.45, 7) is 1.84. The van der Waals surface area contributed by atoms with Gasteiger partial charge in [0.1, 0.15) is 11.9 Å². The van der Waals surface area contributed by atoms with Gasteiger partial charge in [0.15, 0.2) is 0 Å². The largest absolute Gasteiger partial charge is 0.480 e. The van der Waals surface area contributed by atoms with Crippen molar-refractivity contribution in [1.82, 2.24) is 9.47 Å². The fourth-order valence-corrected chi connectivity index (χ4v) is 4.93. The molecule has 5 nitrogen and oxygen atoms in total. The van der Waals surface area contributed by atoms with E-state index < -0.39 is 12.0 Å². The van der Waals surface area contributed by atoms with Gasteiger partial charge in [-0.1, -0.05) is 30.7 Å². The molecule has 1 N–H and O–H groups in total. The fourth-order valence-electron chi connectivity index (χ4n) is 4.81. The normalized spacial score (nSPS) is 16.6. The maximum atomic E-state index is 14.1. The minimum Gasteiger partial charge on any atom is -0.480 e. The zero-order chi connectivity index (χ0) is 23.0. The highest BCUT2D eigenvalue weighted by molar-refractivity contribution is 6.30. The van der Waals surface area contributed by atoms with Gasteiger partial charge in [0.2, 0.25) is 5.91 Å². The Labute approximate surface area is 191 Å². The van der Waals surface area contributed by atoms with Crippen molar-refractivity contribution >= 4 is 34.4 Å². The van der Waals surface area contributed by atoms with Gasteiger partial charge in [-0.25, -0.2) is 9.18 Å². The highest BCUT2D eigenvalue weighted by Gasteiger charge is 2.32. The summed E-state index contributed by atoms with van der Waals surface area (Å²) in [7, 11) is 1.81. The Kier molecular flexibility index (Phi) is 6.24. The van der Waals surface area contributed by atoms with Gasteiger partial charge < -0.3 is 14.6 Å². The van der Waals surface area contributed by atoms with E-state index in [0.717, 1.165) is 34.1 Å². The zero-order valence-corrected chi connectivity index (χ0v) is 18.9. The van der Waals surface area contributed by atoms with Gasteiger partial charge >= 0.3 is 5.97 Å². The topological polar surface area (TPSA) is 62.5 Å². The number of halogens is 2. The summed E-state index contributed by atoms with van der Waals surface area (Å²) in [4.78, 5) is 26.6. The number of fused-ring (bicyclic) bond motifs is 3. The number of likely N-dealkylation sites (N-methyl/N-ethyl adjacent to an activating group) is 1. The van der Waals surface area contributed by atoms with Crippen LogP contribution in [0, 0.1) is 5.82 Å². The molecule has 1 aliphatic carbocycles. The predicted octanol–water partition coefficient (Wildman–Crippen LogP) is 5.03. The lowest BCUT2D eigenvalue weighted by Crippen LogP contribution is -2.41. The second kappa shape index (κ2) is 8.94. The summed E-state index contributed by atoms with van der Waals surface area (Å²) in [6, 6.07) is 11.0. The van der Waals surface area contributed by atoms with E-state index in [4.69, 9.17) is 11.6 Å². The molecule has 1 amide bonds. The van der Waals surface area contributed by atoms with Gasteiger partial charge in [-0.2, -0.15) is 0 Å². The first-order valence-corrected chi connectivity index (χ1v) is 11.2. The number of carbonyl (C=O) groups excluding carboxylic acids is 1. The molecule has 0 bridgehead atoms. The molecule has 0 radical (unpaired) electrons. The number of carbonyl (C=O) groups is 2. The van der Waals surface area contributed by atoms with Gasteiger partial charge in [0.25, 0.3) is 0 Å². The van der Waals surface area contributed by atoms with Crippen molar-refractivity contribution < 1.29 is 19.1 Å². The number of hydrogen-bond acceptors (Lipinski definition) is 2. The molecule has 0 saturated heterocycles. The number of carboxylic acids is 1. The molecule has 2 aromatic carbocycles. The molecule has 0 fully saturated rings. The maximum absolute atomic E-state index is 14.1. The van der Waals surface area contributed by atoms with E-state index in [0.29, 0.717) is 24.3 Å². The number of aliphatic carboxylic acids is 1. The molecule has 0 aliphatic heterocycles. The molecule has 3 aromatic rings. The van der Waals surface area contributed by atoms with E-state index in [2.05, 4.69) is 0 Å². The van der Waals surface area contributed by atoms with Crippen LogP contribution in [0.3, 0.4) is 0 Å². The van der Waals surface area contributed by atoms with Crippen LogP contribution < -0.4 is 0 Å². The van der Waals surface area contributed by atoms with Gasteiger partial charge in [0.05, 0.1) is 6.42 Å². The molecule has 1 aliphatic rings. The van der Waals surface area contributed by atoms with Gasteiger partial charge in [-0.3, -0.25) is 4.79 Å². The van der Waals surface area contributed by atoms with Crippen LogP contribution in [0.1, 0.15) is 42.6 Å². The lowest BCUT2D eigenvalue weighted by molar-refractivity contribution is -0.141. The Hall–Kier alpha value is -2.86. The third kappa shape index (κ3) is 4.11. The van der Waals surface area contributed by atoms with E-state index in [1.807, 2.05) is 23.6 Å². The van der Waals surface area contributed by atoms with Crippen molar-refractivity contribution in [3.63, 3.8) is 0 Å². The van der Waals surface area contributed by atoms with E-state index in [1.165, 1.54) is 12.1 Å². The lowest BCUT2D eigenvalue weighted by atomic mass is 9.90. The molecule has 0 spiro atoms. The number of nitrogens with zero attached hydrogens (tertiary/aromatic N) is 2. The van der Waals surface area contributed by atoms with Crippen LogP contribution in [0.2, 0.25) is 5.02 Å². The van der Waals surface area contributed by atoms with Crippen LogP contribution in [0.25, 0.3) is 10.9 Å². The molecule has 168 valence electrons. The predicted molar refractivity (Wildman–Crippen MR) is 123 cm³/mol. The SMILES string of the molecule is CCC(C(=O)O)n1c2c(c3cc(F)ccc31)C[C@@H](N(C)C(=O)Cc1ccc(Cl)cc1)CC2. The van der Waals surface area contributed by atoms with Crippen LogP contribution >= 0.6 is 11.6 Å². The molecule has 1 unspecified atom stereocenters. The molecule has 7 heteroatoms. The number of hydrogen-bond donors (Lipinski definition) is 1. The molecule has 32 heavy (non-hydrogen) atoms. The van der Waals surface area contributed by atoms with Crippen molar-refractivity contribution in [2.75, 3.05) is 7.05 Å². The first kappa shape index (κ1) is 22.3. The third-order valence-corrected chi connectivity index (χ3v) is 6.78. The van der Waals surface area contributed by atoms with E-state index in [9.17, 15) is 19.1 Å². The molecule has 1 heterocycles. The first-order chi connectivity index (χ1) is 15.3. The Morgan fingerprint density at radius 3 is 2.62 bits per heavy atom. The van der Waals surface area contributed by atoms with E-state index in [1.54, 1.807) is 30.1 Å². The second-order valence-corrected chi connectivity index (χ2v) is 8.86. The van der Waals surface area contributed by atoms with Gasteiger partial charge in [-0.15, -0.1) is 0 Å². The van der Waals surface area contributed by atoms with Gasteiger partial charge in [-0.05, 0) is 67.1 Å². The quantitative estimate of drug-likeness (QED) is 0.566. The minimum atomic E-state index is -0.895. The number of aromatic nitrogens is 1. The molecular weight excluding hydrogens is 431 g/mol. The Balaban J connectivity index is 1.65. The summed E-state index contributed by atoms with van der Waals surface area (Å²) in [5.74, 6) is -1.24. The van der Waals surface area contributed by atoms with Crippen molar-refractivity contribution in [2.45, 2.75) is 51.1 Å². The van der Waals surface area contributed by atoms with Crippen LogP contribution in [0.15, 0.2) is 42.5 Å². The average Bonchev–Trinajstić information content (AvgIpc) is 3.08. The number of carboxylic acid groups (broad SMARTS) is 1. The maximum Gasteiger partial charge on any atom is 0.326 e. The van der Waals surface area contributed by atoms with Crippen LogP contribution in [0.4, 0.5) is 4.39 Å². The molecular formula is C25H26ClFN2O3. The summed E-state index contributed by atoms with van der Waals surface area (Å²) < 4.78 is 16.0. The van der Waals surface area contributed by atoms with Crippen molar-refractivity contribution in [3.8, 4) is 0 Å². The van der Waals surface area contributed by atoms with Crippen molar-refractivity contribution in [2.24, 2.45) is 0 Å². The highest BCUT2D eigenvalue weighted by Crippen LogP contribution is 2.37. The number of benzene rings is 2. The number of rotatable bonds is 6. The second-order valence-electron chi connectivity index (χ2n) is 8.42. The van der Waals surface area contributed by atoms with Crippen molar-refractivity contribution in [1.29, 1.82) is 0 Å². The van der Waals surface area contributed by atoms with E-state index in [-0.39, 0.29) is 24.2 Å². The molecule has 0 saturated carbocycles. The third-order valence-electron chi connectivity index (χ3n) is 6.53. The molecule has 4 rings (SSSR count). The summed E-state index contributed by atoms with van der Waals surface area (Å²) >= 11 is 5.93. The Morgan fingerprint density at radius 1 is 1.25 bits per heavy atom. The summed E-state index contributed by atoms with van der Waals surface area (Å²) in [5, 5.41) is 11.1. The average molecular weight is 457 g/mol.